The number of nitrogens with one attached hydrogen (secondary N) is 1. The lowest BCUT2D eigenvalue weighted by atomic mass is 10.1. The summed E-state index contributed by atoms with van der Waals surface area (Å²) in [5.74, 6) is 0. The van der Waals surface area contributed by atoms with Crippen molar-refractivity contribution in [1.29, 1.82) is 0 Å². The van der Waals surface area contributed by atoms with Crippen LogP contribution in [0.4, 0.5) is 5.69 Å². The first kappa shape index (κ1) is 15.6. The third-order valence-corrected chi connectivity index (χ3v) is 4.24. The standard InChI is InChI=1S/C16H26ClN3/c1-3-8-18-13-14-15(17)6-4-7-16(14)20-10-5-9-19(2)11-12-20/h4,6-7,18H,3,5,8-13H2,1-2H3. The number of anilines is 1. The summed E-state index contributed by atoms with van der Waals surface area (Å²) in [4.78, 5) is 4.89. The maximum Gasteiger partial charge on any atom is 0.0471 e. The molecule has 0 aromatic heterocycles. The van der Waals surface area contributed by atoms with Crippen LogP contribution in [0.25, 0.3) is 0 Å². The lowest BCUT2D eigenvalue weighted by molar-refractivity contribution is 0.360. The molecule has 3 nitrogen and oxygen atoms in total. The molecule has 20 heavy (non-hydrogen) atoms. The Bertz CT molecular complexity index is 422. The van der Waals surface area contributed by atoms with Crippen molar-refractivity contribution >= 4 is 17.3 Å². The van der Waals surface area contributed by atoms with Crippen molar-refractivity contribution in [3.8, 4) is 0 Å². The van der Waals surface area contributed by atoms with Gasteiger partial charge in [0.15, 0.2) is 0 Å². The second-order valence-corrected chi connectivity index (χ2v) is 5.97. The molecule has 0 bridgehead atoms. The summed E-state index contributed by atoms with van der Waals surface area (Å²) >= 11 is 6.42. The first-order valence-corrected chi connectivity index (χ1v) is 8.01. The molecule has 0 aliphatic carbocycles. The fourth-order valence-electron chi connectivity index (χ4n) is 2.70. The summed E-state index contributed by atoms with van der Waals surface area (Å²) in [6, 6.07) is 6.27. The summed E-state index contributed by atoms with van der Waals surface area (Å²) in [5.41, 5.74) is 2.54. The minimum Gasteiger partial charge on any atom is -0.370 e. The fraction of sp³-hybridized carbons (Fsp3) is 0.625. The van der Waals surface area contributed by atoms with E-state index in [1.165, 1.54) is 24.2 Å². The van der Waals surface area contributed by atoms with Crippen molar-refractivity contribution in [1.82, 2.24) is 10.2 Å². The van der Waals surface area contributed by atoms with Crippen LogP contribution in [0, 0.1) is 0 Å². The van der Waals surface area contributed by atoms with Crippen LogP contribution in [0.15, 0.2) is 18.2 Å². The van der Waals surface area contributed by atoms with Crippen molar-refractivity contribution < 1.29 is 0 Å². The SMILES string of the molecule is CCCNCc1c(Cl)cccc1N1CCCN(C)CC1. The van der Waals surface area contributed by atoms with Crippen LogP contribution in [-0.4, -0.2) is 44.7 Å². The average Bonchev–Trinajstić information content (AvgIpc) is 2.65. The Kier molecular flexibility index (Phi) is 6.14. The van der Waals surface area contributed by atoms with Crippen LogP contribution in [-0.2, 0) is 6.54 Å². The molecule has 1 aliphatic rings. The van der Waals surface area contributed by atoms with E-state index in [0.717, 1.165) is 44.2 Å². The van der Waals surface area contributed by atoms with Crippen molar-refractivity contribution in [2.45, 2.75) is 26.3 Å². The Morgan fingerprint density at radius 3 is 2.85 bits per heavy atom. The van der Waals surface area contributed by atoms with E-state index in [1.807, 2.05) is 6.07 Å². The molecule has 1 aliphatic heterocycles. The van der Waals surface area contributed by atoms with Gasteiger partial charge in [0, 0.05) is 42.5 Å². The highest BCUT2D eigenvalue weighted by atomic mass is 35.5. The molecule has 1 saturated heterocycles. The van der Waals surface area contributed by atoms with Gasteiger partial charge in [0.25, 0.3) is 0 Å². The number of benzene rings is 1. The van der Waals surface area contributed by atoms with Crippen molar-refractivity contribution in [3.05, 3.63) is 28.8 Å². The second-order valence-electron chi connectivity index (χ2n) is 5.56. The molecule has 1 aromatic carbocycles. The number of likely N-dealkylation sites (N-methyl/N-ethyl adjacent to an activating group) is 1. The Balaban J connectivity index is 2.14. The summed E-state index contributed by atoms with van der Waals surface area (Å²) in [7, 11) is 2.20. The third kappa shape index (κ3) is 4.11. The van der Waals surface area contributed by atoms with Crippen LogP contribution >= 0.6 is 11.6 Å². The first-order valence-electron chi connectivity index (χ1n) is 7.64. The third-order valence-electron chi connectivity index (χ3n) is 3.88. The van der Waals surface area contributed by atoms with Gasteiger partial charge < -0.3 is 15.1 Å². The van der Waals surface area contributed by atoms with E-state index < -0.39 is 0 Å². The Morgan fingerprint density at radius 2 is 2.05 bits per heavy atom. The van der Waals surface area contributed by atoms with Crippen LogP contribution in [0.2, 0.25) is 5.02 Å². The summed E-state index contributed by atoms with van der Waals surface area (Å²) in [6.07, 6.45) is 2.36. The first-order chi connectivity index (χ1) is 9.72. The lowest BCUT2D eigenvalue weighted by Crippen LogP contribution is -2.30. The average molecular weight is 296 g/mol. The molecule has 0 unspecified atom stereocenters. The smallest absolute Gasteiger partial charge is 0.0471 e. The topological polar surface area (TPSA) is 18.5 Å². The largest absolute Gasteiger partial charge is 0.370 e. The van der Waals surface area contributed by atoms with E-state index in [-0.39, 0.29) is 0 Å². The maximum atomic E-state index is 6.42. The van der Waals surface area contributed by atoms with E-state index >= 15 is 0 Å². The van der Waals surface area contributed by atoms with Crippen LogP contribution in [0.5, 0.6) is 0 Å². The zero-order valence-corrected chi connectivity index (χ0v) is 13.4. The minimum absolute atomic E-state index is 0.856. The molecular formula is C16H26ClN3. The van der Waals surface area contributed by atoms with E-state index in [9.17, 15) is 0 Å². The second kappa shape index (κ2) is 7.87. The fourth-order valence-corrected chi connectivity index (χ4v) is 2.93. The van der Waals surface area contributed by atoms with E-state index in [1.54, 1.807) is 0 Å². The van der Waals surface area contributed by atoms with Gasteiger partial charge in [-0.25, -0.2) is 0 Å². The van der Waals surface area contributed by atoms with Gasteiger partial charge in [-0.1, -0.05) is 24.6 Å². The summed E-state index contributed by atoms with van der Waals surface area (Å²) in [5, 5.41) is 4.35. The maximum absolute atomic E-state index is 6.42. The Morgan fingerprint density at radius 1 is 1.20 bits per heavy atom. The molecular weight excluding hydrogens is 270 g/mol. The molecule has 0 radical (unpaired) electrons. The number of halogens is 1. The minimum atomic E-state index is 0.856. The van der Waals surface area contributed by atoms with Gasteiger partial charge in [0.1, 0.15) is 0 Å². The van der Waals surface area contributed by atoms with Crippen LogP contribution in [0.3, 0.4) is 0 Å². The molecule has 4 heteroatoms. The quantitative estimate of drug-likeness (QED) is 0.843. The summed E-state index contributed by atoms with van der Waals surface area (Å²) < 4.78 is 0. The number of rotatable bonds is 5. The van der Waals surface area contributed by atoms with Crippen molar-refractivity contribution in [2.75, 3.05) is 44.7 Å². The lowest BCUT2D eigenvalue weighted by Gasteiger charge is -2.26. The number of nitrogens with zero attached hydrogens (tertiary/aromatic N) is 2. The van der Waals surface area contributed by atoms with Gasteiger partial charge in [-0.15, -0.1) is 0 Å². The van der Waals surface area contributed by atoms with E-state index in [4.69, 9.17) is 11.6 Å². The van der Waals surface area contributed by atoms with Gasteiger partial charge in [-0.3, -0.25) is 0 Å². The van der Waals surface area contributed by atoms with Gasteiger partial charge >= 0.3 is 0 Å². The predicted octanol–water partition coefficient (Wildman–Crippen LogP) is 2.98. The highest BCUT2D eigenvalue weighted by Crippen LogP contribution is 2.28. The van der Waals surface area contributed by atoms with Crippen molar-refractivity contribution in [3.63, 3.8) is 0 Å². The Hall–Kier alpha value is -0.770. The number of hydrogen-bond acceptors (Lipinski definition) is 3. The molecule has 0 saturated carbocycles. The molecule has 1 aromatic rings. The zero-order valence-electron chi connectivity index (χ0n) is 12.7. The van der Waals surface area contributed by atoms with E-state index in [0.29, 0.717) is 0 Å². The van der Waals surface area contributed by atoms with E-state index in [2.05, 4.69) is 41.2 Å². The monoisotopic (exact) mass is 295 g/mol. The molecule has 2 rings (SSSR count). The zero-order chi connectivity index (χ0) is 14.4. The van der Waals surface area contributed by atoms with Gasteiger partial charge in [0.2, 0.25) is 0 Å². The van der Waals surface area contributed by atoms with Gasteiger partial charge in [0.05, 0.1) is 0 Å². The molecule has 0 atom stereocenters. The highest BCUT2D eigenvalue weighted by Gasteiger charge is 2.16. The molecule has 112 valence electrons. The van der Waals surface area contributed by atoms with Crippen molar-refractivity contribution in [2.24, 2.45) is 0 Å². The predicted molar refractivity (Wildman–Crippen MR) is 87.8 cm³/mol. The van der Waals surface area contributed by atoms with Gasteiger partial charge in [-0.05, 0) is 45.1 Å². The normalized spacial score (nSPS) is 17.2. The molecule has 1 fully saturated rings. The Labute approximate surface area is 127 Å². The highest BCUT2D eigenvalue weighted by molar-refractivity contribution is 6.31. The van der Waals surface area contributed by atoms with Gasteiger partial charge in [-0.2, -0.15) is 0 Å². The number of hydrogen-bond donors (Lipinski definition) is 1. The van der Waals surface area contributed by atoms with Crippen LogP contribution < -0.4 is 10.2 Å². The summed E-state index contributed by atoms with van der Waals surface area (Å²) in [6.45, 7) is 8.58. The molecule has 1 N–H and O–H groups in total. The molecule has 0 spiro atoms. The molecule has 1 heterocycles. The molecule has 0 amide bonds. The van der Waals surface area contributed by atoms with Crippen LogP contribution in [0.1, 0.15) is 25.3 Å².